The van der Waals surface area contributed by atoms with Gasteiger partial charge in [-0.15, -0.1) is 0 Å². The normalized spacial score (nSPS) is 14.5. The van der Waals surface area contributed by atoms with E-state index in [0.29, 0.717) is 10.9 Å². The van der Waals surface area contributed by atoms with Crippen LogP contribution in [0, 0.1) is 0 Å². The lowest BCUT2D eigenvalue weighted by molar-refractivity contribution is 0.0522. The summed E-state index contributed by atoms with van der Waals surface area (Å²) in [6.07, 6.45) is 1.50. The van der Waals surface area contributed by atoms with Gasteiger partial charge in [-0.1, -0.05) is 11.6 Å². The number of aromatic carboxylic acids is 1. The molecule has 1 aromatic rings. The molecule has 1 saturated carbocycles. The summed E-state index contributed by atoms with van der Waals surface area (Å²) in [5.74, 6) is -0.678. The molecular formula is C16H20ClNO4. The van der Waals surface area contributed by atoms with Gasteiger partial charge in [-0.25, -0.2) is 9.59 Å². The van der Waals surface area contributed by atoms with E-state index in [1.54, 1.807) is 26.8 Å². The van der Waals surface area contributed by atoms with Crippen LogP contribution in [-0.4, -0.2) is 22.8 Å². The van der Waals surface area contributed by atoms with Crippen molar-refractivity contribution < 1.29 is 19.4 Å². The van der Waals surface area contributed by atoms with Crippen LogP contribution in [0.5, 0.6) is 0 Å². The number of benzene rings is 1. The number of alkyl carbamates (subject to hydrolysis) is 1. The van der Waals surface area contributed by atoms with E-state index in [4.69, 9.17) is 21.4 Å². The van der Waals surface area contributed by atoms with Crippen LogP contribution < -0.4 is 5.32 Å². The maximum Gasteiger partial charge on any atom is 0.407 e. The minimum atomic E-state index is -1.00. The van der Waals surface area contributed by atoms with Crippen LogP contribution in [0.3, 0.4) is 0 Å². The molecule has 0 spiro atoms. The molecule has 0 atom stereocenters. The quantitative estimate of drug-likeness (QED) is 0.879. The summed E-state index contributed by atoms with van der Waals surface area (Å²) in [5.41, 5.74) is 1.27. The predicted molar refractivity (Wildman–Crippen MR) is 83.5 cm³/mol. The Kier molecular flexibility index (Phi) is 4.66. The van der Waals surface area contributed by atoms with E-state index >= 15 is 0 Å². The van der Waals surface area contributed by atoms with Gasteiger partial charge in [-0.3, -0.25) is 0 Å². The Balaban J connectivity index is 2.16. The summed E-state index contributed by atoms with van der Waals surface area (Å²) in [6.45, 7) is 5.59. The standard InChI is InChI=1S/C16H20ClNO4/c1-16(2,3)22-15(21)18-8-12-11(9-4-5-9)6-10(14(19)20)7-13(12)17/h6-7,9H,4-5,8H2,1-3H3,(H,18,21)(H,19,20). The van der Waals surface area contributed by atoms with Crippen molar-refractivity contribution in [2.75, 3.05) is 0 Å². The summed E-state index contributed by atoms with van der Waals surface area (Å²) in [6, 6.07) is 3.07. The van der Waals surface area contributed by atoms with Crippen LogP contribution in [-0.2, 0) is 11.3 Å². The zero-order valence-corrected chi connectivity index (χ0v) is 13.7. The van der Waals surface area contributed by atoms with Crippen molar-refractivity contribution in [1.29, 1.82) is 0 Å². The van der Waals surface area contributed by atoms with E-state index in [1.807, 2.05) is 0 Å². The first-order valence-corrected chi connectivity index (χ1v) is 7.57. The number of nitrogens with one attached hydrogen (secondary N) is 1. The largest absolute Gasteiger partial charge is 0.478 e. The highest BCUT2D eigenvalue weighted by Gasteiger charge is 2.28. The molecule has 2 rings (SSSR count). The molecule has 0 aromatic heterocycles. The monoisotopic (exact) mass is 325 g/mol. The summed E-state index contributed by atoms with van der Waals surface area (Å²) < 4.78 is 5.19. The molecular weight excluding hydrogens is 306 g/mol. The van der Waals surface area contributed by atoms with Crippen LogP contribution in [0.1, 0.15) is 61.0 Å². The fourth-order valence-corrected chi connectivity index (χ4v) is 2.49. The molecule has 1 fully saturated rings. The molecule has 0 unspecified atom stereocenters. The maximum atomic E-state index is 11.7. The summed E-state index contributed by atoms with van der Waals surface area (Å²) >= 11 is 6.21. The highest BCUT2D eigenvalue weighted by molar-refractivity contribution is 6.31. The molecule has 0 radical (unpaired) electrons. The molecule has 6 heteroatoms. The van der Waals surface area contributed by atoms with Crippen molar-refractivity contribution in [3.8, 4) is 0 Å². The molecule has 1 aliphatic carbocycles. The fourth-order valence-electron chi connectivity index (χ4n) is 2.20. The van der Waals surface area contributed by atoms with Crippen molar-refractivity contribution in [2.24, 2.45) is 0 Å². The minimum Gasteiger partial charge on any atom is -0.478 e. The fraction of sp³-hybridized carbons (Fsp3) is 0.500. The van der Waals surface area contributed by atoms with Gasteiger partial charge in [0.15, 0.2) is 0 Å². The SMILES string of the molecule is CC(C)(C)OC(=O)NCc1c(Cl)cc(C(=O)O)cc1C1CC1. The number of carboxylic acid groups (broad SMARTS) is 1. The van der Waals surface area contributed by atoms with Crippen LogP contribution in [0.4, 0.5) is 4.79 Å². The molecule has 120 valence electrons. The lowest BCUT2D eigenvalue weighted by Crippen LogP contribution is -2.32. The van der Waals surface area contributed by atoms with E-state index in [0.717, 1.165) is 24.0 Å². The van der Waals surface area contributed by atoms with Gasteiger partial charge in [0.2, 0.25) is 0 Å². The summed E-state index contributed by atoms with van der Waals surface area (Å²) in [4.78, 5) is 22.9. The van der Waals surface area contributed by atoms with Crippen molar-refractivity contribution in [3.05, 3.63) is 33.8 Å². The molecule has 1 aliphatic rings. The molecule has 0 aliphatic heterocycles. The third-order valence-electron chi connectivity index (χ3n) is 3.30. The zero-order chi connectivity index (χ0) is 16.5. The first kappa shape index (κ1) is 16.6. The highest BCUT2D eigenvalue weighted by Crippen LogP contribution is 2.43. The number of rotatable bonds is 4. The van der Waals surface area contributed by atoms with Crippen molar-refractivity contribution in [3.63, 3.8) is 0 Å². The maximum absolute atomic E-state index is 11.7. The van der Waals surface area contributed by atoms with E-state index in [-0.39, 0.29) is 12.1 Å². The Morgan fingerprint density at radius 2 is 2.00 bits per heavy atom. The average molecular weight is 326 g/mol. The number of hydrogen-bond donors (Lipinski definition) is 2. The topological polar surface area (TPSA) is 75.6 Å². The molecule has 5 nitrogen and oxygen atoms in total. The second-order valence-electron chi connectivity index (χ2n) is 6.46. The van der Waals surface area contributed by atoms with Gasteiger partial charge >= 0.3 is 12.1 Å². The number of ether oxygens (including phenoxy) is 1. The molecule has 1 amide bonds. The van der Waals surface area contributed by atoms with Gasteiger partial charge in [-0.05, 0) is 62.8 Å². The van der Waals surface area contributed by atoms with Gasteiger partial charge in [0.1, 0.15) is 5.60 Å². The van der Waals surface area contributed by atoms with Crippen LogP contribution in [0.15, 0.2) is 12.1 Å². The Morgan fingerprint density at radius 3 is 2.50 bits per heavy atom. The number of hydrogen-bond acceptors (Lipinski definition) is 3. The highest BCUT2D eigenvalue weighted by atomic mass is 35.5. The Labute approximate surface area is 134 Å². The Hall–Kier alpha value is -1.75. The second-order valence-corrected chi connectivity index (χ2v) is 6.87. The predicted octanol–water partition coefficient (Wildman–Crippen LogP) is 3.94. The third kappa shape index (κ3) is 4.37. The van der Waals surface area contributed by atoms with E-state index in [1.165, 1.54) is 6.07 Å². The van der Waals surface area contributed by atoms with Crippen LogP contribution >= 0.6 is 11.6 Å². The number of carbonyl (C=O) groups is 2. The van der Waals surface area contributed by atoms with Gasteiger partial charge in [-0.2, -0.15) is 0 Å². The number of carboxylic acids is 1. The molecule has 22 heavy (non-hydrogen) atoms. The van der Waals surface area contributed by atoms with E-state index in [2.05, 4.69) is 5.32 Å². The Morgan fingerprint density at radius 1 is 1.36 bits per heavy atom. The molecule has 0 bridgehead atoms. The average Bonchev–Trinajstić information content (AvgIpc) is 3.18. The van der Waals surface area contributed by atoms with Gasteiger partial charge in [0.25, 0.3) is 0 Å². The van der Waals surface area contributed by atoms with Crippen LogP contribution in [0.25, 0.3) is 0 Å². The number of carbonyl (C=O) groups excluding carboxylic acids is 1. The lowest BCUT2D eigenvalue weighted by Gasteiger charge is -2.20. The summed E-state index contributed by atoms with van der Waals surface area (Å²) in [5, 5.41) is 12.2. The zero-order valence-electron chi connectivity index (χ0n) is 12.9. The van der Waals surface area contributed by atoms with E-state index in [9.17, 15) is 9.59 Å². The first-order valence-electron chi connectivity index (χ1n) is 7.20. The van der Waals surface area contributed by atoms with E-state index < -0.39 is 17.7 Å². The van der Waals surface area contributed by atoms with Crippen molar-refractivity contribution >= 4 is 23.7 Å². The number of amides is 1. The summed E-state index contributed by atoms with van der Waals surface area (Å²) in [7, 11) is 0. The minimum absolute atomic E-state index is 0.174. The van der Waals surface area contributed by atoms with Crippen molar-refractivity contribution in [2.45, 2.75) is 51.7 Å². The molecule has 2 N–H and O–H groups in total. The molecule has 0 heterocycles. The molecule has 1 aromatic carbocycles. The number of halogens is 1. The van der Waals surface area contributed by atoms with Gasteiger partial charge in [0, 0.05) is 11.6 Å². The third-order valence-corrected chi connectivity index (χ3v) is 3.64. The van der Waals surface area contributed by atoms with Crippen molar-refractivity contribution in [1.82, 2.24) is 5.32 Å². The first-order chi connectivity index (χ1) is 10.2. The smallest absolute Gasteiger partial charge is 0.407 e. The lowest BCUT2D eigenvalue weighted by atomic mass is 10.00. The van der Waals surface area contributed by atoms with Crippen LogP contribution in [0.2, 0.25) is 5.02 Å². The Bertz CT molecular complexity index is 603. The van der Waals surface area contributed by atoms with Gasteiger partial charge < -0.3 is 15.2 Å². The molecule has 0 saturated heterocycles. The van der Waals surface area contributed by atoms with Gasteiger partial charge in [0.05, 0.1) is 5.56 Å². The second kappa shape index (κ2) is 6.16.